The fraction of sp³-hybridized carbons (Fsp3) is 0.190. The summed E-state index contributed by atoms with van der Waals surface area (Å²) in [5.74, 6) is -1.66. The van der Waals surface area contributed by atoms with Gasteiger partial charge in [0.15, 0.2) is 0 Å². The highest BCUT2D eigenvalue weighted by molar-refractivity contribution is 7.94. The van der Waals surface area contributed by atoms with Crippen LogP contribution in [0.25, 0.3) is 11.1 Å². The van der Waals surface area contributed by atoms with E-state index in [-0.39, 0.29) is 9.10 Å². The predicted octanol–water partition coefficient (Wildman–Crippen LogP) is 3.60. The second-order valence-electron chi connectivity index (χ2n) is 7.32. The normalized spacial score (nSPS) is 13.1. The van der Waals surface area contributed by atoms with E-state index in [1.165, 1.54) is 18.2 Å². The number of nitrogens with one attached hydrogen (secondary N) is 2. The summed E-state index contributed by atoms with van der Waals surface area (Å²) < 4.78 is 54.6. The molecule has 0 fully saturated rings. The molecule has 8 nitrogen and oxygen atoms in total. The van der Waals surface area contributed by atoms with Crippen LogP contribution >= 0.6 is 11.3 Å². The summed E-state index contributed by atoms with van der Waals surface area (Å²) >= 11 is 1.12. The number of carboxylic acids is 1. The minimum absolute atomic E-state index is 0.0477. The van der Waals surface area contributed by atoms with Crippen molar-refractivity contribution in [2.24, 2.45) is 5.92 Å². The third-order valence-corrected chi connectivity index (χ3v) is 8.85. The molecule has 3 rings (SSSR count). The van der Waals surface area contributed by atoms with Gasteiger partial charge in [0, 0.05) is 5.69 Å². The molecule has 1 atom stereocenters. The summed E-state index contributed by atoms with van der Waals surface area (Å²) in [6, 6.07) is 14.6. The molecule has 1 heterocycles. The highest BCUT2D eigenvalue weighted by atomic mass is 32.2. The molecule has 0 spiro atoms. The molecule has 0 bridgehead atoms. The van der Waals surface area contributed by atoms with E-state index < -0.39 is 38.0 Å². The van der Waals surface area contributed by atoms with Crippen LogP contribution in [0.2, 0.25) is 0 Å². The van der Waals surface area contributed by atoms with Gasteiger partial charge in [-0.2, -0.15) is 4.72 Å². The molecular formula is C21H22N2O6S3. The number of rotatable bonds is 9. The summed E-state index contributed by atoms with van der Waals surface area (Å²) in [5.41, 5.74) is 1.88. The van der Waals surface area contributed by atoms with Crippen molar-refractivity contribution in [2.75, 3.05) is 4.72 Å². The van der Waals surface area contributed by atoms with E-state index in [1.54, 1.807) is 61.7 Å². The molecule has 0 radical (unpaired) electrons. The number of carboxylic acid groups (broad SMARTS) is 1. The van der Waals surface area contributed by atoms with Crippen molar-refractivity contribution >= 4 is 43.0 Å². The third kappa shape index (κ3) is 5.54. The number of anilines is 1. The zero-order chi connectivity index (χ0) is 23.5. The van der Waals surface area contributed by atoms with Crippen molar-refractivity contribution in [3.8, 4) is 11.1 Å². The molecule has 0 aliphatic rings. The first-order chi connectivity index (χ1) is 15.0. The largest absolute Gasteiger partial charge is 0.480 e. The van der Waals surface area contributed by atoms with Gasteiger partial charge in [-0.05, 0) is 52.8 Å². The van der Waals surface area contributed by atoms with Crippen molar-refractivity contribution in [3.63, 3.8) is 0 Å². The predicted molar refractivity (Wildman–Crippen MR) is 124 cm³/mol. The number of aliphatic carboxylic acids is 1. The van der Waals surface area contributed by atoms with Crippen molar-refractivity contribution < 1.29 is 26.7 Å². The minimum atomic E-state index is -4.00. The molecule has 0 saturated heterocycles. The van der Waals surface area contributed by atoms with Crippen LogP contribution < -0.4 is 9.44 Å². The maximum absolute atomic E-state index is 12.5. The molecule has 11 heteroatoms. The molecular weight excluding hydrogens is 472 g/mol. The van der Waals surface area contributed by atoms with Crippen LogP contribution in [0.4, 0.5) is 5.69 Å². The maximum atomic E-state index is 12.5. The first-order valence-corrected chi connectivity index (χ1v) is 13.4. The first kappa shape index (κ1) is 23.9. The highest BCUT2D eigenvalue weighted by Gasteiger charge is 2.28. The molecule has 3 aromatic rings. The molecule has 0 aliphatic heterocycles. The summed E-state index contributed by atoms with van der Waals surface area (Å²) in [4.78, 5) is 11.3. The summed E-state index contributed by atoms with van der Waals surface area (Å²) in [5, 5.41) is 10.9. The number of hydrogen-bond acceptors (Lipinski definition) is 6. The molecule has 3 N–H and O–H groups in total. The number of sulfonamides is 2. The number of carbonyl (C=O) groups is 1. The van der Waals surface area contributed by atoms with Gasteiger partial charge in [0.1, 0.15) is 10.3 Å². The van der Waals surface area contributed by atoms with Gasteiger partial charge in [-0.3, -0.25) is 9.52 Å². The average Bonchev–Trinajstić information content (AvgIpc) is 3.28. The van der Waals surface area contributed by atoms with Crippen LogP contribution in [-0.2, 0) is 24.8 Å². The summed E-state index contributed by atoms with van der Waals surface area (Å²) in [6.07, 6.45) is 0. The maximum Gasteiger partial charge on any atom is 0.322 e. The Balaban J connectivity index is 1.75. The van der Waals surface area contributed by atoms with Gasteiger partial charge in [-0.15, -0.1) is 11.3 Å². The zero-order valence-corrected chi connectivity index (χ0v) is 19.7. The molecule has 2 aromatic carbocycles. The summed E-state index contributed by atoms with van der Waals surface area (Å²) in [7, 11) is -7.64. The standard InChI is InChI=1S/C21H22N2O6S3/c1-14(2)20(21(24)25)23-31(26,27)18-11-7-16(8-12-18)15-5-9-17(10-6-15)22-32(28,29)19-4-3-13-30-19/h3-14,20,22-23H,1-2H3,(H,24,25)/t20-/m1/s1. The second-order valence-corrected chi connectivity index (χ2v) is 11.9. The lowest BCUT2D eigenvalue weighted by Crippen LogP contribution is -2.44. The van der Waals surface area contributed by atoms with Gasteiger partial charge >= 0.3 is 5.97 Å². The van der Waals surface area contributed by atoms with Crippen LogP contribution in [0.5, 0.6) is 0 Å². The Bertz CT molecular complexity index is 1280. The van der Waals surface area contributed by atoms with E-state index in [1.807, 2.05) is 0 Å². The minimum Gasteiger partial charge on any atom is -0.480 e. The number of hydrogen-bond donors (Lipinski definition) is 3. The van der Waals surface area contributed by atoms with E-state index in [0.29, 0.717) is 5.69 Å². The quantitative estimate of drug-likeness (QED) is 0.417. The zero-order valence-electron chi connectivity index (χ0n) is 17.2. The Hall–Kier alpha value is -2.73. The Morgan fingerprint density at radius 3 is 1.91 bits per heavy atom. The van der Waals surface area contributed by atoms with Crippen LogP contribution in [0.3, 0.4) is 0 Å². The van der Waals surface area contributed by atoms with Crippen LogP contribution in [0.15, 0.2) is 75.1 Å². The topological polar surface area (TPSA) is 130 Å². The SMILES string of the molecule is CC(C)[C@@H](NS(=O)(=O)c1ccc(-c2ccc(NS(=O)(=O)c3cccs3)cc2)cc1)C(=O)O. The third-order valence-electron chi connectivity index (χ3n) is 4.61. The van der Waals surface area contributed by atoms with Gasteiger partial charge in [-0.25, -0.2) is 16.8 Å². The van der Waals surface area contributed by atoms with Gasteiger partial charge in [0.25, 0.3) is 10.0 Å². The van der Waals surface area contributed by atoms with E-state index in [9.17, 15) is 26.7 Å². The second kappa shape index (κ2) is 9.41. The van der Waals surface area contributed by atoms with Crippen LogP contribution in [0.1, 0.15) is 13.8 Å². The number of benzene rings is 2. The average molecular weight is 495 g/mol. The first-order valence-electron chi connectivity index (χ1n) is 9.51. The van der Waals surface area contributed by atoms with Crippen molar-refractivity contribution in [2.45, 2.75) is 29.0 Å². The van der Waals surface area contributed by atoms with Crippen molar-refractivity contribution in [1.29, 1.82) is 0 Å². The lowest BCUT2D eigenvalue weighted by molar-refractivity contribution is -0.140. The monoisotopic (exact) mass is 494 g/mol. The lowest BCUT2D eigenvalue weighted by atomic mass is 10.1. The molecule has 1 aromatic heterocycles. The molecule has 0 unspecified atom stereocenters. The lowest BCUT2D eigenvalue weighted by Gasteiger charge is -2.18. The molecule has 170 valence electrons. The Kier molecular flexibility index (Phi) is 7.03. The van der Waals surface area contributed by atoms with E-state index in [2.05, 4.69) is 9.44 Å². The van der Waals surface area contributed by atoms with Gasteiger partial charge in [0.05, 0.1) is 4.90 Å². The Labute approximate surface area is 191 Å². The Morgan fingerprint density at radius 1 is 0.875 bits per heavy atom. The molecule has 32 heavy (non-hydrogen) atoms. The molecule has 0 aliphatic carbocycles. The highest BCUT2D eigenvalue weighted by Crippen LogP contribution is 2.25. The smallest absolute Gasteiger partial charge is 0.322 e. The van der Waals surface area contributed by atoms with Crippen LogP contribution in [0, 0.1) is 5.92 Å². The van der Waals surface area contributed by atoms with E-state index >= 15 is 0 Å². The molecule has 0 amide bonds. The van der Waals surface area contributed by atoms with Crippen LogP contribution in [-0.4, -0.2) is 34.0 Å². The van der Waals surface area contributed by atoms with Gasteiger partial charge in [-0.1, -0.05) is 44.2 Å². The van der Waals surface area contributed by atoms with E-state index in [0.717, 1.165) is 22.5 Å². The fourth-order valence-electron chi connectivity index (χ4n) is 2.89. The van der Waals surface area contributed by atoms with Crippen molar-refractivity contribution in [1.82, 2.24) is 4.72 Å². The van der Waals surface area contributed by atoms with Gasteiger partial charge < -0.3 is 5.11 Å². The fourth-order valence-corrected chi connectivity index (χ4v) is 6.28. The number of thiophene rings is 1. The summed E-state index contributed by atoms with van der Waals surface area (Å²) in [6.45, 7) is 3.24. The van der Waals surface area contributed by atoms with E-state index in [4.69, 9.17) is 0 Å². The van der Waals surface area contributed by atoms with Gasteiger partial charge in [0.2, 0.25) is 10.0 Å². The Morgan fingerprint density at radius 2 is 1.44 bits per heavy atom. The molecule has 0 saturated carbocycles. The van der Waals surface area contributed by atoms with Crippen molar-refractivity contribution in [3.05, 3.63) is 66.0 Å².